The van der Waals surface area contributed by atoms with Crippen molar-refractivity contribution >= 4 is 33.2 Å². The summed E-state index contributed by atoms with van der Waals surface area (Å²) in [5.41, 5.74) is 2.18. The fourth-order valence-corrected chi connectivity index (χ4v) is 4.88. The first-order valence-electron chi connectivity index (χ1n) is 9.77. The van der Waals surface area contributed by atoms with E-state index in [9.17, 15) is 13.2 Å². The fourth-order valence-electron chi connectivity index (χ4n) is 3.38. The number of sulfonamides is 1. The van der Waals surface area contributed by atoms with E-state index in [2.05, 4.69) is 14.9 Å². The number of halogens is 1. The zero-order valence-electron chi connectivity index (χ0n) is 17.1. The SMILES string of the molecule is Cc1ccc(NS(=O)(=O)c2cc(-c3noc(C(=O)N4CCCC4)n3)ccc2C)cc1Cl. The molecule has 1 N–H and O–H groups in total. The van der Waals surface area contributed by atoms with Gasteiger partial charge in [-0.25, -0.2) is 8.42 Å². The average Bonchev–Trinajstić information content (AvgIpc) is 3.42. The van der Waals surface area contributed by atoms with Gasteiger partial charge in [0.05, 0.1) is 10.6 Å². The topological polar surface area (TPSA) is 105 Å². The minimum absolute atomic E-state index is 0.0684. The quantitative estimate of drug-likeness (QED) is 0.615. The van der Waals surface area contributed by atoms with Crippen LogP contribution in [0.2, 0.25) is 5.02 Å². The fraction of sp³-hybridized carbons (Fsp3) is 0.286. The van der Waals surface area contributed by atoms with Crippen molar-refractivity contribution in [2.45, 2.75) is 31.6 Å². The number of benzene rings is 2. The van der Waals surface area contributed by atoms with Crippen molar-refractivity contribution in [1.29, 1.82) is 0 Å². The van der Waals surface area contributed by atoms with Crippen LogP contribution in [0.3, 0.4) is 0 Å². The van der Waals surface area contributed by atoms with E-state index in [0.29, 0.717) is 34.9 Å². The van der Waals surface area contributed by atoms with Crippen molar-refractivity contribution in [3.63, 3.8) is 0 Å². The summed E-state index contributed by atoms with van der Waals surface area (Å²) in [6.45, 7) is 4.86. The number of carbonyl (C=O) groups is 1. The van der Waals surface area contributed by atoms with Gasteiger partial charge in [-0.3, -0.25) is 9.52 Å². The maximum absolute atomic E-state index is 13.0. The Bertz CT molecular complexity index is 1250. The van der Waals surface area contributed by atoms with Crippen LogP contribution in [0.25, 0.3) is 11.4 Å². The van der Waals surface area contributed by atoms with Gasteiger partial charge in [-0.1, -0.05) is 35.0 Å². The van der Waals surface area contributed by atoms with Crippen molar-refractivity contribution in [2.75, 3.05) is 17.8 Å². The van der Waals surface area contributed by atoms with Crippen LogP contribution in [-0.4, -0.2) is 42.5 Å². The summed E-state index contributed by atoms with van der Waals surface area (Å²) in [6, 6.07) is 9.75. The summed E-state index contributed by atoms with van der Waals surface area (Å²) < 4.78 is 33.7. The van der Waals surface area contributed by atoms with Gasteiger partial charge in [0.2, 0.25) is 5.82 Å². The molecular weight excluding hydrogens is 440 g/mol. The molecule has 2 heterocycles. The van der Waals surface area contributed by atoms with Crippen LogP contribution in [0.15, 0.2) is 45.8 Å². The highest BCUT2D eigenvalue weighted by Gasteiger charge is 2.26. The molecule has 1 saturated heterocycles. The molecule has 10 heteroatoms. The van der Waals surface area contributed by atoms with Gasteiger partial charge < -0.3 is 9.42 Å². The second kappa shape index (κ2) is 8.32. The first kappa shape index (κ1) is 21.3. The second-order valence-electron chi connectivity index (χ2n) is 7.47. The largest absolute Gasteiger partial charge is 0.334 e. The molecule has 1 aliphatic rings. The number of amides is 1. The monoisotopic (exact) mass is 460 g/mol. The van der Waals surface area contributed by atoms with E-state index in [-0.39, 0.29) is 22.5 Å². The van der Waals surface area contributed by atoms with Crippen LogP contribution >= 0.6 is 11.6 Å². The van der Waals surface area contributed by atoms with Crippen molar-refractivity contribution < 1.29 is 17.7 Å². The maximum Gasteiger partial charge on any atom is 0.316 e. The van der Waals surface area contributed by atoms with E-state index < -0.39 is 10.0 Å². The number of aryl methyl sites for hydroxylation is 2. The summed E-state index contributed by atoms with van der Waals surface area (Å²) in [5.74, 6) is -0.263. The highest BCUT2D eigenvalue weighted by molar-refractivity contribution is 7.92. The average molecular weight is 461 g/mol. The number of nitrogens with one attached hydrogen (secondary N) is 1. The zero-order chi connectivity index (χ0) is 22.2. The van der Waals surface area contributed by atoms with Gasteiger partial charge in [-0.05, 0) is 56.0 Å². The molecule has 2 aromatic carbocycles. The van der Waals surface area contributed by atoms with Gasteiger partial charge in [0.1, 0.15) is 0 Å². The van der Waals surface area contributed by atoms with Crippen LogP contribution < -0.4 is 4.72 Å². The molecule has 162 valence electrons. The van der Waals surface area contributed by atoms with Crippen LogP contribution in [0.5, 0.6) is 0 Å². The third kappa shape index (κ3) is 4.42. The molecule has 3 aromatic rings. The summed E-state index contributed by atoms with van der Waals surface area (Å²) in [6.07, 6.45) is 1.90. The van der Waals surface area contributed by atoms with E-state index in [4.69, 9.17) is 16.1 Å². The molecule has 0 saturated carbocycles. The molecule has 0 radical (unpaired) electrons. The first-order chi connectivity index (χ1) is 14.7. The van der Waals surface area contributed by atoms with E-state index in [1.807, 2.05) is 6.92 Å². The first-order valence-corrected chi connectivity index (χ1v) is 11.6. The lowest BCUT2D eigenvalue weighted by Crippen LogP contribution is -2.27. The Morgan fingerprint density at radius 3 is 2.52 bits per heavy atom. The Morgan fingerprint density at radius 1 is 1.10 bits per heavy atom. The van der Waals surface area contributed by atoms with Gasteiger partial charge in [0.25, 0.3) is 10.0 Å². The number of likely N-dealkylation sites (tertiary alicyclic amines) is 1. The van der Waals surface area contributed by atoms with Crippen LogP contribution in [0.1, 0.15) is 34.7 Å². The van der Waals surface area contributed by atoms with Gasteiger partial charge in [-0.2, -0.15) is 4.98 Å². The lowest BCUT2D eigenvalue weighted by atomic mass is 10.1. The molecule has 0 unspecified atom stereocenters. The van der Waals surface area contributed by atoms with Gasteiger partial charge in [0.15, 0.2) is 0 Å². The van der Waals surface area contributed by atoms with Crippen LogP contribution in [0, 0.1) is 13.8 Å². The van der Waals surface area contributed by atoms with Crippen molar-refractivity contribution in [3.05, 3.63) is 58.4 Å². The molecule has 1 aromatic heterocycles. The minimum Gasteiger partial charge on any atom is -0.334 e. The normalized spacial score (nSPS) is 14.1. The van der Waals surface area contributed by atoms with Crippen molar-refractivity contribution in [1.82, 2.24) is 15.0 Å². The maximum atomic E-state index is 13.0. The molecule has 0 aliphatic carbocycles. The van der Waals surface area contributed by atoms with Crippen molar-refractivity contribution in [2.24, 2.45) is 0 Å². The number of carbonyl (C=O) groups excluding carboxylic acids is 1. The van der Waals surface area contributed by atoms with Crippen molar-refractivity contribution in [3.8, 4) is 11.4 Å². The molecule has 0 bridgehead atoms. The predicted molar refractivity (Wildman–Crippen MR) is 117 cm³/mol. The third-order valence-electron chi connectivity index (χ3n) is 5.16. The smallest absolute Gasteiger partial charge is 0.316 e. The molecule has 0 atom stereocenters. The Labute approximate surface area is 185 Å². The lowest BCUT2D eigenvalue weighted by molar-refractivity contribution is 0.0743. The predicted octanol–water partition coefficient (Wildman–Crippen LogP) is 4.04. The standard InChI is InChI=1S/C21H21ClN4O4S/c1-13-6-8-16(12-17(13)22)25-31(28,29)18-11-15(7-5-14(18)2)19-23-20(30-24-19)21(27)26-9-3-4-10-26/h5-8,11-12,25H,3-4,9-10H2,1-2H3. The molecule has 1 aliphatic heterocycles. The number of hydrogen-bond donors (Lipinski definition) is 1. The van der Waals surface area contributed by atoms with E-state index in [1.54, 1.807) is 42.2 Å². The lowest BCUT2D eigenvalue weighted by Gasteiger charge is -2.12. The molecule has 1 fully saturated rings. The Balaban J connectivity index is 1.62. The zero-order valence-corrected chi connectivity index (χ0v) is 18.6. The Hall–Kier alpha value is -2.91. The highest BCUT2D eigenvalue weighted by atomic mass is 35.5. The molecule has 8 nitrogen and oxygen atoms in total. The summed E-state index contributed by atoms with van der Waals surface area (Å²) in [7, 11) is -3.90. The van der Waals surface area contributed by atoms with E-state index in [0.717, 1.165) is 18.4 Å². The number of nitrogens with zero attached hydrogens (tertiary/aromatic N) is 3. The summed E-state index contributed by atoms with van der Waals surface area (Å²) in [5, 5.41) is 4.34. The third-order valence-corrected chi connectivity index (χ3v) is 7.09. The minimum atomic E-state index is -3.90. The molecule has 1 amide bonds. The number of aromatic nitrogens is 2. The van der Waals surface area contributed by atoms with Gasteiger partial charge >= 0.3 is 11.8 Å². The van der Waals surface area contributed by atoms with E-state index >= 15 is 0 Å². The van der Waals surface area contributed by atoms with Crippen LogP contribution in [0.4, 0.5) is 5.69 Å². The highest BCUT2D eigenvalue weighted by Crippen LogP contribution is 2.27. The van der Waals surface area contributed by atoms with Gasteiger partial charge in [0, 0.05) is 23.7 Å². The molecule has 31 heavy (non-hydrogen) atoms. The van der Waals surface area contributed by atoms with Gasteiger partial charge in [-0.15, -0.1) is 0 Å². The number of anilines is 1. The van der Waals surface area contributed by atoms with E-state index in [1.165, 1.54) is 6.07 Å². The number of hydrogen-bond acceptors (Lipinski definition) is 6. The Morgan fingerprint density at radius 2 is 1.81 bits per heavy atom. The summed E-state index contributed by atoms with van der Waals surface area (Å²) >= 11 is 6.11. The molecular formula is C21H21ClN4O4S. The Kier molecular flexibility index (Phi) is 5.72. The second-order valence-corrected chi connectivity index (χ2v) is 9.53. The summed E-state index contributed by atoms with van der Waals surface area (Å²) in [4.78, 5) is 18.4. The number of rotatable bonds is 5. The van der Waals surface area contributed by atoms with Crippen LogP contribution in [-0.2, 0) is 10.0 Å². The molecule has 0 spiro atoms. The molecule has 4 rings (SSSR count).